The molecule has 130 valence electrons. The van der Waals surface area contributed by atoms with Crippen molar-refractivity contribution in [1.82, 2.24) is 0 Å². The molecule has 3 aromatic carbocycles. The predicted molar refractivity (Wildman–Crippen MR) is 110 cm³/mol. The first-order valence-electron chi connectivity index (χ1n) is 8.38. The second-order valence-corrected chi connectivity index (χ2v) is 7.21. The van der Waals surface area contributed by atoms with Crippen molar-refractivity contribution in [3.05, 3.63) is 94.5 Å². The minimum Gasteiger partial charge on any atom is -0.507 e. The van der Waals surface area contributed by atoms with Crippen molar-refractivity contribution in [3.8, 4) is 5.75 Å². The topological polar surface area (TPSA) is 37.3 Å². The summed E-state index contributed by atoms with van der Waals surface area (Å²) in [6, 6.07) is 21.1. The third-order valence-corrected chi connectivity index (χ3v) is 5.01. The SMILES string of the molecule is Cc1cc(/C=C/c2ccc(C(=O)Sc3ccccc3)cc2)cc(C)c1O. The fourth-order valence-electron chi connectivity index (χ4n) is 2.66. The van der Waals surface area contributed by atoms with Crippen LogP contribution in [0.1, 0.15) is 32.6 Å². The molecule has 0 heterocycles. The predicted octanol–water partition coefficient (Wildman–Crippen LogP) is 6.11. The molecule has 2 nitrogen and oxygen atoms in total. The summed E-state index contributed by atoms with van der Waals surface area (Å²) in [5.74, 6) is 0.348. The summed E-state index contributed by atoms with van der Waals surface area (Å²) in [6.45, 7) is 3.79. The number of aromatic hydroxyl groups is 1. The second-order valence-electron chi connectivity index (χ2n) is 6.16. The van der Waals surface area contributed by atoms with Crippen molar-refractivity contribution < 1.29 is 9.90 Å². The highest BCUT2D eigenvalue weighted by molar-refractivity contribution is 8.14. The maximum atomic E-state index is 12.3. The van der Waals surface area contributed by atoms with Gasteiger partial charge in [-0.1, -0.05) is 42.5 Å². The second kappa shape index (κ2) is 8.07. The van der Waals surface area contributed by atoms with Gasteiger partial charge < -0.3 is 5.11 Å². The molecule has 26 heavy (non-hydrogen) atoms. The van der Waals surface area contributed by atoms with Gasteiger partial charge in [0.15, 0.2) is 0 Å². The van der Waals surface area contributed by atoms with Crippen molar-refractivity contribution in [1.29, 1.82) is 0 Å². The lowest BCUT2D eigenvalue weighted by Gasteiger charge is -2.05. The zero-order chi connectivity index (χ0) is 18.5. The Kier molecular flexibility index (Phi) is 5.59. The van der Waals surface area contributed by atoms with E-state index in [-0.39, 0.29) is 5.12 Å². The Bertz CT molecular complexity index is 919. The van der Waals surface area contributed by atoms with Crippen LogP contribution in [0.25, 0.3) is 12.2 Å². The largest absolute Gasteiger partial charge is 0.507 e. The summed E-state index contributed by atoms with van der Waals surface area (Å²) >= 11 is 1.24. The summed E-state index contributed by atoms with van der Waals surface area (Å²) < 4.78 is 0. The quantitative estimate of drug-likeness (QED) is 0.450. The molecule has 0 bridgehead atoms. The van der Waals surface area contributed by atoms with E-state index in [0.717, 1.165) is 27.1 Å². The molecule has 0 radical (unpaired) electrons. The van der Waals surface area contributed by atoms with Crippen molar-refractivity contribution in [2.24, 2.45) is 0 Å². The van der Waals surface area contributed by atoms with Crippen molar-refractivity contribution in [2.45, 2.75) is 18.7 Å². The molecule has 0 unspecified atom stereocenters. The standard InChI is InChI=1S/C23H20O2S/c1-16-14-19(15-17(2)22(16)24)9-8-18-10-12-20(13-11-18)23(25)26-21-6-4-3-5-7-21/h3-15,24H,1-2H3/b9-8+. The van der Waals surface area contributed by atoms with Crippen LogP contribution >= 0.6 is 11.8 Å². The molecule has 0 saturated carbocycles. The van der Waals surface area contributed by atoms with Gasteiger partial charge in [-0.15, -0.1) is 0 Å². The van der Waals surface area contributed by atoms with Gasteiger partial charge in [0.05, 0.1) is 0 Å². The number of rotatable bonds is 4. The maximum absolute atomic E-state index is 12.3. The third kappa shape index (κ3) is 4.44. The van der Waals surface area contributed by atoms with E-state index in [1.165, 1.54) is 11.8 Å². The Hall–Kier alpha value is -2.78. The Morgan fingerprint density at radius 2 is 1.42 bits per heavy atom. The molecule has 0 aliphatic rings. The van der Waals surface area contributed by atoms with E-state index in [9.17, 15) is 9.90 Å². The molecule has 0 fully saturated rings. The van der Waals surface area contributed by atoms with Gasteiger partial charge in [-0.25, -0.2) is 0 Å². The van der Waals surface area contributed by atoms with E-state index < -0.39 is 0 Å². The molecule has 0 saturated heterocycles. The Morgan fingerprint density at radius 1 is 0.846 bits per heavy atom. The monoisotopic (exact) mass is 360 g/mol. The summed E-state index contributed by atoms with van der Waals surface area (Å²) in [4.78, 5) is 13.3. The third-order valence-electron chi connectivity index (χ3n) is 4.08. The van der Waals surface area contributed by atoms with Crippen LogP contribution in [0.4, 0.5) is 0 Å². The highest BCUT2D eigenvalue weighted by Crippen LogP contribution is 2.25. The van der Waals surface area contributed by atoms with Gasteiger partial charge in [-0.3, -0.25) is 4.79 Å². The molecular weight excluding hydrogens is 340 g/mol. The number of phenols is 1. The van der Waals surface area contributed by atoms with Crippen LogP contribution in [0, 0.1) is 13.8 Å². The number of aryl methyl sites for hydroxylation is 2. The summed E-state index contributed by atoms with van der Waals surface area (Å²) in [5.41, 5.74) is 4.48. The van der Waals surface area contributed by atoms with Crippen LogP contribution in [0.2, 0.25) is 0 Å². The first kappa shape index (κ1) is 18.0. The first-order valence-corrected chi connectivity index (χ1v) is 9.20. The van der Waals surface area contributed by atoms with Gasteiger partial charge in [0, 0.05) is 10.5 Å². The lowest BCUT2D eigenvalue weighted by atomic mass is 10.0. The van der Waals surface area contributed by atoms with Crippen molar-refractivity contribution in [3.63, 3.8) is 0 Å². The van der Waals surface area contributed by atoms with Gasteiger partial charge in [0.2, 0.25) is 5.12 Å². The Morgan fingerprint density at radius 3 is 2.04 bits per heavy atom. The number of hydrogen-bond donors (Lipinski definition) is 1. The number of phenolic OH excluding ortho intramolecular Hbond substituents is 1. The minimum atomic E-state index is 0.0384. The lowest BCUT2D eigenvalue weighted by molar-refractivity contribution is 0.108. The maximum Gasteiger partial charge on any atom is 0.224 e. The van der Waals surface area contributed by atoms with Crippen LogP contribution in [-0.2, 0) is 0 Å². The van der Waals surface area contributed by atoms with Gasteiger partial charge in [-0.2, -0.15) is 0 Å². The van der Waals surface area contributed by atoms with E-state index in [2.05, 4.69) is 0 Å². The molecule has 3 heteroatoms. The van der Waals surface area contributed by atoms with Gasteiger partial charge in [-0.05, 0) is 84.3 Å². The highest BCUT2D eigenvalue weighted by atomic mass is 32.2. The molecule has 0 aliphatic heterocycles. The van der Waals surface area contributed by atoms with E-state index >= 15 is 0 Å². The minimum absolute atomic E-state index is 0.0384. The molecule has 3 rings (SSSR count). The van der Waals surface area contributed by atoms with Gasteiger partial charge >= 0.3 is 0 Å². The number of carbonyl (C=O) groups excluding carboxylic acids is 1. The highest BCUT2D eigenvalue weighted by Gasteiger charge is 2.07. The molecule has 0 aliphatic carbocycles. The van der Waals surface area contributed by atoms with Crippen LogP contribution in [0.15, 0.2) is 71.6 Å². The fraction of sp³-hybridized carbons (Fsp3) is 0.0870. The Labute approximate surface area is 158 Å². The zero-order valence-electron chi connectivity index (χ0n) is 14.8. The van der Waals surface area contributed by atoms with E-state index in [1.807, 2.05) is 92.7 Å². The molecule has 3 aromatic rings. The van der Waals surface area contributed by atoms with E-state index in [0.29, 0.717) is 11.3 Å². The van der Waals surface area contributed by atoms with Crippen molar-refractivity contribution >= 4 is 29.0 Å². The van der Waals surface area contributed by atoms with Gasteiger partial charge in [0.1, 0.15) is 5.75 Å². The molecule has 0 aromatic heterocycles. The molecule has 0 spiro atoms. The van der Waals surface area contributed by atoms with E-state index in [1.54, 1.807) is 0 Å². The number of carbonyl (C=O) groups is 1. The van der Waals surface area contributed by atoms with Crippen LogP contribution in [0.3, 0.4) is 0 Å². The number of thioether (sulfide) groups is 1. The van der Waals surface area contributed by atoms with Crippen molar-refractivity contribution in [2.75, 3.05) is 0 Å². The normalized spacial score (nSPS) is 11.0. The van der Waals surface area contributed by atoms with Crippen LogP contribution in [0.5, 0.6) is 5.75 Å². The molecular formula is C23H20O2S. The number of benzene rings is 3. The van der Waals surface area contributed by atoms with E-state index in [4.69, 9.17) is 0 Å². The summed E-state index contributed by atoms with van der Waals surface area (Å²) in [5, 5.41) is 9.88. The molecule has 0 atom stereocenters. The zero-order valence-corrected chi connectivity index (χ0v) is 15.6. The average molecular weight is 360 g/mol. The van der Waals surface area contributed by atoms with Crippen LogP contribution in [-0.4, -0.2) is 10.2 Å². The fourth-order valence-corrected chi connectivity index (χ4v) is 3.42. The van der Waals surface area contributed by atoms with Gasteiger partial charge in [0.25, 0.3) is 0 Å². The number of hydrogen-bond acceptors (Lipinski definition) is 3. The first-order chi connectivity index (χ1) is 12.5. The Balaban J connectivity index is 1.70. The summed E-state index contributed by atoms with van der Waals surface area (Å²) in [6.07, 6.45) is 4.01. The molecule has 1 N–H and O–H groups in total. The molecule has 0 amide bonds. The summed E-state index contributed by atoms with van der Waals surface area (Å²) in [7, 11) is 0. The average Bonchev–Trinajstić information content (AvgIpc) is 2.65. The van der Waals surface area contributed by atoms with Crippen LogP contribution < -0.4 is 0 Å². The lowest BCUT2D eigenvalue weighted by Crippen LogP contribution is -1.92. The smallest absolute Gasteiger partial charge is 0.224 e.